The summed E-state index contributed by atoms with van der Waals surface area (Å²) < 4.78 is 15.5. The van der Waals surface area contributed by atoms with E-state index in [1.165, 1.54) is 30.2 Å². The zero-order valence-corrected chi connectivity index (χ0v) is 41.7. The third-order valence-electron chi connectivity index (χ3n) is 10.1. The lowest BCUT2D eigenvalue weighted by Crippen LogP contribution is -2.45. The number of nitrogens with zero attached hydrogens (tertiary/aromatic N) is 3. The SMILES string of the molecule is CC.CC(=O)OCc1ccc(NC(=O)C(CCCCN)NC(=O)COCC=O)cc1.CNCC(C)(C)OCCC(C)C.N/N=C(\C=NCCO)CNC(=O)C1CCC(CN2C(=O)C=CC2=O)CC1. The largest absolute Gasteiger partial charge is 0.461 e. The highest BCUT2D eigenvalue weighted by molar-refractivity contribution is 6.31. The van der Waals surface area contributed by atoms with E-state index in [4.69, 9.17) is 30.9 Å². The zero-order chi connectivity index (χ0) is 51.3. The number of aliphatic hydroxyl groups excluding tert-OH is 1. The number of anilines is 1. The molecule has 1 aromatic carbocycles. The lowest BCUT2D eigenvalue weighted by atomic mass is 9.81. The summed E-state index contributed by atoms with van der Waals surface area (Å²) in [7, 11) is 1.95. The predicted octanol–water partition coefficient (Wildman–Crippen LogP) is 2.80. The molecule has 68 heavy (non-hydrogen) atoms. The highest BCUT2D eigenvalue weighted by Gasteiger charge is 2.31. The number of aldehydes is 1. The van der Waals surface area contributed by atoms with Crippen LogP contribution in [-0.2, 0) is 54.4 Å². The van der Waals surface area contributed by atoms with E-state index in [0.717, 1.165) is 50.3 Å². The van der Waals surface area contributed by atoms with E-state index in [9.17, 15) is 33.6 Å². The van der Waals surface area contributed by atoms with Crippen LogP contribution in [0.5, 0.6) is 0 Å². The van der Waals surface area contributed by atoms with Crippen molar-refractivity contribution in [2.45, 2.75) is 118 Å². The number of nitrogens with two attached hydrogens (primary N) is 2. The maximum Gasteiger partial charge on any atom is 0.302 e. The Morgan fingerprint density at radius 2 is 1.65 bits per heavy atom. The number of aliphatic hydroxyl groups is 1. The van der Waals surface area contributed by atoms with E-state index in [-0.39, 0.29) is 86.6 Å². The van der Waals surface area contributed by atoms with E-state index in [1.54, 1.807) is 24.3 Å². The van der Waals surface area contributed by atoms with Crippen LogP contribution in [0.15, 0.2) is 46.5 Å². The van der Waals surface area contributed by atoms with Crippen LogP contribution in [0.4, 0.5) is 5.69 Å². The van der Waals surface area contributed by atoms with Crippen molar-refractivity contribution in [1.82, 2.24) is 20.9 Å². The van der Waals surface area contributed by atoms with Crippen molar-refractivity contribution in [2.75, 3.05) is 71.5 Å². The molecule has 1 saturated carbocycles. The average Bonchev–Trinajstić information content (AvgIpc) is 3.62. The van der Waals surface area contributed by atoms with Gasteiger partial charge in [0.15, 0.2) is 0 Å². The second-order valence-corrected chi connectivity index (χ2v) is 16.8. The fraction of sp³-hybridized carbons (Fsp3) is 0.646. The molecule has 384 valence electrons. The van der Waals surface area contributed by atoms with Gasteiger partial charge in [-0.25, -0.2) is 0 Å². The third-order valence-corrected chi connectivity index (χ3v) is 10.1. The van der Waals surface area contributed by atoms with Crippen molar-refractivity contribution < 1.29 is 52.9 Å². The molecular weight excluding hydrogens is 879 g/mol. The first-order chi connectivity index (χ1) is 32.5. The molecular formula is C48H81N9O11. The van der Waals surface area contributed by atoms with Crippen molar-refractivity contribution in [3.63, 3.8) is 0 Å². The average molecular weight is 960 g/mol. The highest BCUT2D eigenvalue weighted by Crippen LogP contribution is 2.30. The molecule has 0 spiro atoms. The first-order valence-corrected chi connectivity index (χ1v) is 23.5. The number of hydrogen-bond acceptors (Lipinski definition) is 16. The number of ether oxygens (including phenoxy) is 3. The minimum absolute atomic E-state index is 0.0242. The maximum absolute atomic E-state index is 12.5. The molecule has 1 fully saturated rings. The Morgan fingerprint density at radius 1 is 1.00 bits per heavy atom. The van der Waals surface area contributed by atoms with Gasteiger partial charge in [0, 0.05) is 56.6 Å². The van der Waals surface area contributed by atoms with Crippen LogP contribution >= 0.6 is 0 Å². The number of hydrogen-bond donors (Lipinski definition) is 7. The lowest BCUT2D eigenvalue weighted by molar-refractivity contribution is -0.142. The van der Waals surface area contributed by atoms with Crippen molar-refractivity contribution >= 4 is 59.4 Å². The number of hydrazone groups is 1. The molecule has 1 unspecified atom stereocenters. The number of unbranched alkanes of at least 4 members (excludes halogenated alkanes) is 1. The van der Waals surface area contributed by atoms with Gasteiger partial charge >= 0.3 is 5.97 Å². The summed E-state index contributed by atoms with van der Waals surface area (Å²) in [5.41, 5.74) is 7.22. The van der Waals surface area contributed by atoms with Crippen LogP contribution in [0, 0.1) is 17.8 Å². The Morgan fingerprint density at radius 3 is 2.19 bits per heavy atom. The number of imide groups is 1. The predicted molar refractivity (Wildman–Crippen MR) is 263 cm³/mol. The molecule has 9 N–H and O–H groups in total. The van der Waals surface area contributed by atoms with E-state index < -0.39 is 11.9 Å². The molecule has 1 aromatic rings. The summed E-state index contributed by atoms with van der Waals surface area (Å²) in [6.07, 6.45) is 10.6. The summed E-state index contributed by atoms with van der Waals surface area (Å²) in [4.78, 5) is 86.2. The van der Waals surface area contributed by atoms with Crippen LogP contribution in [0.25, 0.3) is 0 Å². The molecule has 0 aromatic heterocycles. The van der Waals surface area contributed by atoms with Crippen molar-refractivity contribution in [2.24, 2.45) is 39.4 Å². The minimum Gasteiger partial charge on any atom is -0.461 e. The number of esters is 1. The van der Waals surface area contributed by atoms with Gasteiger partial charge < -0.3 is 57.0 Å². The second kappa shape index (κ2) is 37.6. The molecule has 0 bridgehead atoms. The van der Waals surface area contributed by atoms with E-state index in [1.807, 2.05) is 20.9 Å². The van der Waals surface area contributed by atoms with Crippen LogP contribution in [0.3, 0.4) is 0 Å². The first-order valence-electron chi connectivity index (χ1n) is 23.5. The minimum atomic E-state index is -0.750. The number of carbonyl (C=O) groups excluding carboxylic acids is 7. The number of amides is 5. The fourth-order valence-electron chi connectivity index (χ4n) is 6.49. The Hall–Kier alpha value is -5.41. The van der Waals surface area contributed by atoms with Crippen molar-refractivity contribution in [3.05, 3.63) is 42.0 Å². The second-order valence-electron chi connectivity index (χ2n) is 16.8. The topological polar surface area (TPSA) is 296 Å². The van der Waals surface area contributed by atoms with Crippen LogP contribution in [-0.4, -0.2) is 142 Å². The number of benzene rings is 1. The van der Waals surface area contributed by atoms with Crippen LogP contribution in [0.1, 0.15) is 105 Å². The molecule has 5 amide bonds. The molecule has 0 saturated heterocycles. The van der Waals surface area contributed by atoms with Gasteiger partial charge in [-0.3, -0.25) is 38.7 Å². The summed E-state index contributed by atoms with van der Waals surface area (Å²) in [5, 5.41) is 23.5. The fourth-order valence-corrected chi connectivity index (χ4v) is 6.49. The number of aliphatic imine (C=N–C) groups is 1. The number of nitrogens with one attached hydrogen (secondary N) is 4. The Bertz CT molecular complexity index is 1710. The maximum atomic E-state index is 12.5. The smallest absolute Gasteiger partial charge is 0.302 e. The molecule has 0 radical (unpaired) electrons. The van der Waals surface area contributed by atoms with Gasteiger partial charge in [-0.2, -0.15) is 5.10 Å². The molecule has 20 nitrogen and oxygen atoms in total. The number of rotatable bonds is 27. The van der Waals surface area contributed by atoms with Gasteiger partial charge in [-0.1, -0.05) is 39.8 Å². The normalized spacial score (nSPS) is 16.1. The molecule has 20 heteroatoms. The molecule has 1 aliphatic heterocycles. The summed E-state index contributed by atoms with van der Waals surface area (Å²) >= 11 is 0. The van der Waals surface area contributed by atoms with E-state index in [0.29, 0.717) is 56.5 Å². The number of likely N-dealkylation sites (N-methyl/N-ethyl adjacent to an activating group) is 1. The number of carbonyl (C=O) groups is 7. The molecule has 1 aliphatic carbocycles. The van der Waals surface area contributed by atoms with Crippen molar-refractivity contribution in [3.8, 4) is 0 Å². The molecule has 2 aliphatic rings. The quantitative estimate of drug-likeness (QED) is 0.0127. The first kappa shape index (κ1) is 62.6. The summed E-state index contributed by atoms with van der Waals surface area (Å²) in [6.45, 7) is 16.7. The monoisotopic (exact) mass is 960 g/mol. The van der Waals surface area contributed by atoms with Gasteiger partial charge in [0.25, 0.3) is 11.8 Å². The van der Waals surface area contributed by atoms with Gasteiger partial charge in [0.2, 0.25) is 17.7 Å². The lowest BCUT2D eigenvalue weighted by Gasteiger charge is -2.30. The molecule has 3 rings (SSSR count). The van der Waals surface area contributed by atoms with Crippen LogP contribution in [0.2, 0.25) is 0 Å². The Kier molecular flexibility index (Phi) is 34.6. The standard InChI is InChI=1S/C19H27N3O6.C17H25N5O4.C10H23NO.C2H6/c1-14(24)28-12-15-5-7-16(8-6-15)21-19(26)17(4-2-3-9-20)22-18(25)13-27-11-10-23;18-21-14(9-19-7-8-23)10-20-17(26)13-3-1-12(2-4-13)11-22-15(24)5-6-16(22)25;1-9(2)6-7-12-10(3,4)8-11-5;1-2/h5-8,10,17H,2-4,9,11-13,20H2,1H3,(H,21,26)(H,22,25);5-6,9,12-13,23H,1-4,7-8,10-11,18H2,(H,20,26);9,11H,6-8H2,1-5H3;1-2H3/b;19-9?,21-14+;;. The third kappa shape index (κ3) is 29.4. The van der Waals surface area contributed by atoms with Gasteiger partial charge in [0.1, 0.15) is 32.1 Å². The van der Waals surface area contributed by atoms with E-state index >= 15 is 0 Å². The highest BCUT2D eigenvalue weighted by atomic mass is 16.5. The van der Waals surface area contributed by atoms with Crippen molar-refractivity contribution in [1.29, 1.82) is 0 Å². The summed E-state index contributed by atoms with van der Waals surface area (Å²) in [6, 6.07) is 6.08. The Labute approximate surface area is 403 Å². The van der Waals surface area contributed by atoms with E-state index in [2.05, 4.69) is 59.1 Å². The molecule has 1 atom stereocenters. The summed E-state index contributed by atoms with van der Waals surface area (Å²) in [5.74, 6) is 4.34. The van der Waals surface area contributed by atoms with Gasteiger partial charge in [0.05, 0.1) is 31.0 Å². The van der Waals surface area contributed by atoms with Gasteiger partial charge in [-0.15, -0.1) is 0 Å². The van der Waals surface area contributed by atoms with Gasteiger partial charge in [-0.05, 0) is 108 Å². The zero-order valence-electron chi connectivity index (χ0n) is 41.7. The Balaban J connectivity index is 0.00000104. The van der Waals surface area contributed by atoms with Crippen LogP contribution < -0.4 is 32.8 Å². The molecule has 1 heterocycles.